The number of carbonyl (C=O) groups excluding carboxylic acids is 4. The first kappa shape index (κ1) is 61.1. The van der Waals surface area contributed by atoms with E-state index in [2.05, 4.69) is 121 Å². The van der Waals surface area contributed by atoms with E-state index in [1.165, 1.54) is 0 Å². The van der Waals surface area contributed by atoms with Gasteiger partial charge in [-0.05, 0) is 124 Å². The molecule has 16 heteroatoms. The van der Waals surface area contributed by atoms with Gasteiger partial charge in [-0.15, -0.1) is 0 Å². The van der Waals surface area contributed by atoms with Crippen LogP contribution in [0.1, 0.15) is 233 Å². The van der Waals surface area contributed by atoms with Gasteiger partial charge in [0, 0.05) is 95.7 Å². The smallest absolute Gasteiger partial charge is 0.306 e. The highest BCUT2D eigenvalue weighted by molar-refractivity contribution is 5.78. The predicted molar refractivity (Wildman–Crippen MR) is 273 cm³/mol. The molecular formula is C55H100N4O12. The topological polar surface area (TPSA) is 155 Å². The quantitative estimate of drug-likeness (QED) is 0.0511. The predicted octanol–water partition coefficient (Wildman–Crippen LogP) is 10.5. The van der Waals surface area contributed by atoms with E-state index in [1.54, 1.807) is 14.2 Å². The lowest BCUT2D eigenvalue weighted by atomic mass is 9.80. The van der Waals surface area contributed by atoms with Crippen LogP contribution < -0.4 is 0 Å². The molecule has 0 saturated carbocycles. The molecule has 4 rings (SSSR count). The number of esters is 4. The maximum Gasteiger partial charge on any atom is 0.306 e. The van der Waals surface area contributed by atoms with E-state index in [1.807, 2.05) is 10.1 Å². The Morgan fingerprint density at radius 3 is 0.704 bits per heavy atom. The molecule has 4 heterocycles. The minimum absolute atomic E-state index is 0.00753. The Morgan fingerprint density at radius 1 is 0.324 bits per heavy atom. The Labute approximate surface area is 429 Å². The number of ether oxygens (including phenoxy) is 4. The lowest BCUT2D eigenvalue weighted by molar-refractivity contribution is -0.293. The summed E-state index contributed by atoms with van der Waals surface area (Å²) in [5.41, 5.74) is -2.61. The number of piperidine rings is 4. The van der Waals surface area contributed by atoms with Gasteiger partial charge in [-0.3, -0.25) is 28.9 Å². The molecule has 0 N–H and O–H groups in total. The number of rotatable bonds is 24. The molecule has 0 atom stereocenters. The summed E-state index contributed by atoms with van der Waals surface area (Å²) in [6, 6.07) is 0. The van der Waals surface area contributed by atoms with Gasteiger partial charge in [-0.1, -0.05) is 32.1 Å². The molecule has 0 amide bonds. The van der Waals surface area contributed by atoms with Crippen LogP contribution in [0.3, 0.4) is 0 Å². The molecule has 412 valence electrons. The van der Waals surface area contributed by atoms with Gasteiger partial charge < -0.3 is 28.6 Å². The second-order valence-electron chi connectivity index (χ2n) is 26.3. The fourth-order valence-electron chi connectivity index (χ4n) is 13.5. The molecule has 4 fully saturated rings. The molecule has 0 aliphatic carbocycles. The maximum atomic E-state index is 13.0. The molecule has 71 heavy (non-hydrogen) atoms. The van der Waals surface area contributed by atoms with Crippen LogP contribution in [-0.2, 0) is 57.5 Å². The molecule has 0 aromatic rings. The summed E-state index contributed by atoms with van der Waals surface area (Å²) in [6.45, 7) is 35.0. The first-order chi connectivity index (χ1) is 32.7. The molecule has 0 spiro atoms. The summed E-state index contributed by atoms with van der Waals surface area (Å²) < 4.78 is 23.6. The van der Waals surface area contributed by atoms with Crippen LogP contribution in [0.25, 0.3) is 0 Å². The molecule has 0 aromatic carbocycles. The van der Waals surface area contributed by atoms with E-state index in [0.29, 0.717) is 64.6 Å². The van der Waals surface area contributed by atoms with E-state index in [9.17, 15) is 19.2 Å². The zero-order valence-electron chi connectivity index (χ0n) is 47.8. The Bertz CT molecular complexity index is 1570. The van der Waals surface area contributed by atoms with Crippen molar-refractivity contribution in [3.05, 3.63) is 0 Å². The van der Waals surface area contributed by atoms with E-state index in [0.717, 1.165) is 44.9 Å². The standard InChI is InChI=1S/C55H100N4O12/c1-48(2)32-40(33-49(3,4)56(48)64-17)68-44(60)26-28-46(62)70-42-36-52(9,10)58(53(11,12)37-42)66-30-24-22-20-19-21-23-25-31-67-59-54(13,14)38-43(39-55(59,15)16)71-47(63)29-27-45(61)69-41-34-50(5,6)57(65-18)51(7,8)35-41/h40-43H,19-39H2,1-18H3. The van der Waals surface area contributed by atoms with Crippen LogP contribution in [0.2, 0.25) is 0 Å². The summed E-state index contributed by atoms with van der Waals surface area (Å²) in [5.74, 6) is -1.50. The fraction of sp³-hybridized carbons (Fsp3) is 0.927. The monoisotopic (exact) mass is 1010 g/mol. The Balaban J connectivity index is 1.06. The van der Waals surface area contributed by atoms with Crippen molar-refractivity contribution in [3.63, 3.8) is 0 Å². The number of hydrogen-bond acceptors (Lipinski definition) is 16. The van der Waals surface area contributed by atoms with Crippen molar-refractivity contribution in [1.82, 2.24) is 20.3 Å². The van der Waals surface area contributed by atoms with Gasteiger partial charge in [0.1, 0.15) is 24.4 Å². The SMILES string of the molecule is CON1C(C)(C)CC(OC(=O)CCC(=O)OC2CC(C)(C)N(OCCCCCCCCCON3C(C)(C)CC(OC(=O)CCC(=O)OC4CC(C)(C)N(OC)C(C)(C)C4)CC3(C)C)C(C)(C)C2)CC1(C)C. The van der Waals surface area contributed by atoms with Crippen molar-refractivity contribution in [2.75, 3.05) is 27.4 Å². The molecule has 0 bridgehead atoms. The highest BCUT2D eigenvalue weighted by Crippen LogP contribution is 2.43. The van der Waals surface area contributed by atoms with Crippen LogP contribution in [0.5, 0.6) is 0 Å². The van der Waals surface area contributed by atoms with Gasteiger partial charge in [-0.2, -0.15) is 20.3 Å². The highest BCUT2D eigenvalue weighted by atomic mass is 16.7. The molecular weight excluding hydrogens is 909 g/mol. The largest absolute Gasteiger partial charge is 0.462 e. The van der Waals surface area contributed by atoms with E-state index in [-0.39, 0.29) is 118 Å². The average molecular weight is 1010 g/mol. The highest BCUT2D eigenvalue weighted by Gasteiger charge is 2.51. The minimum atomic E-state index is -0.376. The van der Waals surface area contributed by atoms with Crippen molar-refractivity contribution in [2.24, 2.45) is 0 Å². The summed E-state index contributed by atoms with van der Waals surface area (Å²) >= 11 is 0. The van der Waals surface area contributed by atoms with Gasteiger partial charge in [0.05, 0.1) is 53.1 Å². The molecule has 4 aliphatic heterocycles. The van der Waals surface area contributed by atoms with Gasteiger partial charge >= 0.3 is 23.9 Å². The van der Waals surface area contributed by atoms with Crippen LogP contribution in [0.15, 0.2) is 0 Å². The van der Waals surface area contributed by atoms with E-state index >= 15 is 0 Å². The van der Waals surface area contributed by atoms with Crippen LogP contribution >= 0.6 is 0 Å². The molecule has 0 unspecified atom stereocenters. The first-order valence-electron chi connectivity index (χ1n) is 27.0. The molecule has 0 aromatic heterocycles. The van der Waals surface area contributed by atoms with Gasteiger partial charge in [-0.25, -0.2) is 0 Å². The third kappa shape index (κ3) is 17.3. The van der Waals surface area contributed by atoms with E-state index in [4.69, 9.17) is 38.3 Å². The first-order valence-corrected chi connectivity index (χ1v) is 27.0. The van der Waals surface area contributed by atoms with Crippen LogP contribution in [0.4, 0.5) is 0 Å². The lowest BCUT2D eigenvalue weighted by Gasteiger charge is -2.53. The summed E-state index contributed by atoms with van der Waals surface area (Å²) in [7, 11) is 3.35. The van der Waals surface area contributed by atoms with Crippen molar-refractivity contribution in [2.45, 2.75) is 302 Å². The summed E-state index contributed by atoms with van der Waals surface area (Å²) in [6.07, 6.45) is 11.6. The Morgan fingerprint density at radius 2 is 0.507 bits per heavy atom. The van der Waals surface area contributed by atoms with Crippen molar-refractivity contribution in [3.8, 4) is 0 Å². The summed E-state index contributed by atoms with van der Waals surface area (Å²) in [5, 5.41) is 8.16. The van der Waals surface area contributed by atoms with Crippen molar-refractivity contribution < 1.29 is 57.5 Å². The number of nitrogens with zero attached hydrogens (tertiary/aromatic N) is 4. The van der Waals surface area contributed by atoms with Gasteiger partial charge in [0.2, 0.25) is 0 Å². The maximum absolute atomic E-state index is 13.0. The number of carbonyl (C=O) groups is 4. The third-order valence-electron chi connectivity index (χ3n) is 15.1. The van der Waals surface area contributed by atoms with Gasteiger partial charge in [0.25, 0.3) is 0 Å². The fourth-order valence-corrected chi connectivity index (χ4v) is 13.5. The van der Waals surface area contributed by atoms with Gasteiger partial charge in [0.15, 0.2) is 0 Å². The molecule has 4 aliphatic rings. The second-order valence-corrected chi connectivity index (χ2v) is 26.3. The zero-order chi connectivity index (χ0) is 53.4. The van der Waals surface area contributed by atoms with Crippen LogP contribution in [0, 0.1) is 0 Å². The Kier molecular flexibility index (Phi) is 21.1. The number of hydroxylamine groups is 8. The van der Waals surface area contributed by atoms with Crippen LogP contribution in [-0.4, -0.2) is 140 Å². The zero-order valence-corrected chi connectivity index (χ0v) is 47.8. The number of unbranched alkanes of at least 4 members (excludes halogenated alkanes) is 6. The Hall–Kier alpha value is -2.44. The van der Waals surface area contributed by atoms with Crippen molar-refractivity contribution in [1.29, 1.82) is 0 Å². The lowest BCUT2D eigenvalue weighted by Crippen LogP contribution is -2.62. The average Bonchev–Trinajstić information content (AvgIpc) is 3.17. The summed E-state index contributed by atoms with van der Waals surface area (Å²) in [4.78, 5) is 75.9. The normalized spacial score (nSPS) is 24.8. The van der Waals surface area contributed by atoms with Crippen molar-refractivity contribution >= 4 is 23.9 Å². The second kappa shape index (κ2) is 24.5. The molecule has 16 nitrogen and oxygen atoms in total. The molecule has 0 radical (unpaired) electrons. The molecule has 4 saturated heterocycles. The van der Waals surface area contributed by atoms with E-state index < -0.39 is 0 Å². The third-order valence-corrected chi connectivity index (χ3v) is 15.1. The number of hydrogen-bond donors (Lipinski definition) is 0. The minimum Gasteiger partial charge on any atom is -0.462 e.